The van der Waals surface area contributed by atoms with Crippen molar-refractivity contribution in [3.05, 3.63) is 54.4 Å². The number of likely N-dealkylation sites (tertiary alicyclic amines) is 2. The maximum atomic E-state index is 12.7. The van der Waals surface area contributed by atoms with Crippen molar-refractivity contribution in [2.45, 2.75) is 56.5 Å². The van der Waals surface area contributed by atoms with Crippen LogP contribution in [0.1, 0.15) is 55.4 Å². The van der Waals surface area contributed by atoms with Gasteiger partial charge in [-0.2, -0.15) is 0 Å². The number of primary amides is 1. The van der Waals surface area contributed by atoms with Gasteiger partial charge in [-0.05, 0) is 107 Å². The summed E-state index contributed by atoms with van der Waals surface area (Å²) >= 11 is 0. The summed E-state index contributed by atoms with van der Waals surface area (Å²) in [5.74, 6) is 0.469. The Kier molecular flexibility index (Phi) is 8.01. The molecular formula is C36H47N9O2. The smallest absolute Gasteiger partial charge is 0.271 e. The number of nitrogens with one attached hydrogen (secondary N) is 1. The van der Waals surface area contributed by atoms with Gasteiger partial charge in [0.25, 0.3) is 5.91 Å². The lowest BCUT2D eigenvalue weighted by Crippen LogP contribution is -2.63. The molecule has 7 heterocycles. The normalized spacial score (nSPS) is 23.0. The number of anilines is 4. The Balaban J connectivity index is 0.974. The molecule has 2 aromatic heterocycles. The number of nitrogens with two attached hydrogens (primary N) is 1. The molecule has 11 nitrogen and oxygen atoms in total. The fourth-order valence-electron chi connectivity index (χ4n) is 8.55. The van der Waals surface area contributed by atoms with Crippen LogP contribution in [0.25, 0.3) is 11.4 Å². The predicted molar refractivity (Wildman–Crippen MR) is 184 cm³/mol. The molecule has 1 aromatic carbocycles. The molecule has 2 spiro atoms. The van der Waals surface area contributed by atoms with Gasteiger partial charge in [0.05, 0.1) is 5.69 Å². The number of nitrogens with zero attached hydrogens (tertiary/aromatic N) is 7. The lowest BCUT2D eigenvalue weighted by Gasteiger charge is -2.57. The van der Waals surface area contributed by atoms with E-state index in [1.165, 1.54) is 57.5 Å². The number of aromatic nitrogens is 3. The fraction of sp³-hybridized carbons (Fsp3) is 0.556. The second-order valence-electron chi connectivity index (χ2n) is 14.5. The van der Waals surface area contributed by atoms with E-state index in [2.05, 4.69) is 61.2 Å². The largest absolute Gasteiger partial charge is 0.381 e. The third-order valence-corrected chi connectivity index (χ3v) is 11.7. The molecule has 5 saturated heterocycles. The predicted octanol–water partition coefficient (Wildman–Crippen LogP) is 4.14. The molecule has 248 valence electrons. The molecule has 8 rings (SSSR count). The van der Waals surface area contributed by atoms with Gasteiger partial charge in [0, 0.05) is 75.1 Å². The zero-order valence-electron chi connectivity index (χ0n) is 27.5. The number of amides is 1. The van der Waals surface area contributed by atoms with E-state index in [0.717, 1.165) is 63.6 Å². The van der Waals surface area contributed by atoms with Crippen molar-refractivity contribution in [1.29, 1.82) is 0 Å². The number of benzene rings is 1. The van der Waals surface area contributed by atoms with Crippen LogP contribution >= 0.6 is 0 Å². The Morgan fingerprint density at radius 1 is 0.915 bits per heavy atom. The Morgan fingerprint density at radius 3 is 2.30 bits per heavy atom. The van der Waals surface area contributed by atoms with E-state index in [4.69, 9.17) is 20.4 Å². The van der Waals surface area contributed by atoms with E-state index in [0.29, 0.717) is 28.7 Å². The van der Waals surface area contributed by atoms with E-state index in [1.54, 1.807) is 6.20 Å². The third kappa shape index (κ3) is 5.83. The lowest BCUT2D eigenvalue weighted by molar-refractivity contribution is -0.0704. The van der Waals surface area contributed by atoms with Crippen LogP contribution in [-0.2, 0) is 4.74 Å². The summed E-state index contributed by atoms with van der Waals surface area (Å²) in [7, 11) is 2.25. The summed E-state index contributed by atoms with van der Waals surface area (Å²) < 4.78 is 5.70. The summed E-state index contributed by atoms with van der Waals surface area (Å²) in [6.07, 6.45) is 9.82. The molecule has 0 aliphatic carbocycles. The van der Waals surface area contributed by atoms with Crippen LogP contribution < -0.4 is 20.9 Å². The molecule has 0 saturated carbocycles. The van der Waals surface area contributed by atoms with Crippen LogP contribution in [0, 0.1) is 5.41 Å². The second kappa shape index (κ2) is 12.3. The molecule has 0 atom stereocenters. The Labute approximate surface area is 277 Å². The molecule has 5 aliphatic rings. The molecule has 5 aliphatic heterocycles. The van der Waals surface area contributed by atoms with Gasteiger partial charge in [0.15, 0.2) is 17.3 Å². The summed E-state index contributed by atoms with van der Waals surface area (Å²) in [5, 5.41) is 3.39. The van der Waals surface area contributed by atoms with Crippen LogP contribution in [-0.4, -0.2) is 108 Å². The SMILES string of the molecule is CN1CCC2(CC1)CN(C1CCN(c3ccc(Nc4nc(N5CCC56CCOCC6)c(-c5ccccn5)nc4C(N)=O)cc3)CC1)C2. The number of ether oxygens (including phenoxy) is 1. The first kappa shape index (κ1) is 30.5. The topological polar surface area (TPSA) is 116 Å². The minimum atomic E-state index is -0.628. The lowest BCUT2D eigenvalue weighted by atomic mass is 9.71. The van der Waals surface area contributed by atoms with E-state index in [1.807, 2.05) is 18.2 Å². The van der Waals surface area contributed by atoms with Crippen molar-refractivity contribution in [2.24, 2.45) is 11.1 Å². The molecule has 11 heteroatoms. The van der Waals surface area contributed by atoms with Crippen LogP contribution in [0.15, 0.2) is 48.7 Å². The highest BCUT2D eigenvalue weighted by Crippen LogP contribution is 2.46. The van der Waals surface area contributed by atoms with Gasteiger partial charge in [0.2, 0.25) is 0 Å². The van der Waals surface area contributed by atoms with Crippen molar-refractivity contribution < 1.29 is 9.53 Å². The average molecular weight is 638 g/mol. The van der Waals surface area contributed by atoms with Gasteiger partial charge >= 0.3 is 0 Å². The number of piperidine rings is 2. The molecular weight excluding hydrogens is 590 g/mol. The second-order valence-corrected chi connectivity index (χ2v) is 14.5. The number of carbonyl (C=O) groups excluding carboxylic acids is 1. The molecule has 0 radical (unpaired) electrons. The standard InChI is InChI=1S/C36H47N9O2/c1-42-19-11-35(12-20-42)24-44(25-35)28-9-17-43(18-10-28)27-7-5-26(6-8-27)39-33-31(32(37)46)40-30(29-4-2-3-16-38-29)34(41-33)45-21-13-36(45)14-22-47-23-15-36/h2-8,16,28H,9-15,17-25H2,1H3,(H2,37,46)(H,39,41). The van der Waals surface area contributed by atoms with E-state index < -0.39 is 5.91 Å². The van der Waals surface area contributed by atoms with Crippen LogP contribution in [0.5, 0.6) is 0 Å². The first-order valence-electron chi connectivity index (χ1n) is 17.4. The molecule has 1 amide bonds. The number of carbonyl (C=O) groups is 1. The molecule has 3 N–H and O–H groups in total. The summed E-state index contributed by atoms with van der Waals surface area (Å²) in [6.45, 7) is 9.55. The molecule has 0 unspecified atom stereocenters. The first-order valence-corrected chi connectivity index (χ1v) is 17.4. The van der Waals surface area contributed by atoms with Crippen molar-refractivity contribution in [1.82, 2.24) is 24.8 Å². The van der Waals surface area contributed by atoms with Gasteiger partial charge in [0.1, 0.15) is 5.69 Å². The Bertz CT molecular complexity index is 1570. The summed E-state index contributed by atoms with van der Waals surface area (Å²) in [4.78, 5) is 37.3. The van der Waals surface area contributed by atoms with Gasteiger partial charge in [-0.3, -0.25) is 14.7 Å². The van der Waals surface area contributed by atoms with Crippen LogP contribution in [0.3, 0.4) is 0 Å². The quantitative estimate of drug-likeness (QED) is 0.392. The van der Waals surface area contributed by atoms with Gasteiger partial charge < -0.3 is 30.5 Å². The van der Waals surface area contributed by atoms with E-state index in [-0.39, 0.29) is 11.2 Å². The summed E-state index contributed by atoms with van der Waals surface area (Å²) in [5.41, 5.74) is 9.88. The highest BCUT2D eigenvalue weighted by Gasteiger charge is 2.48. The van der Waals surface area contributed by atoms with E-state index in [9.17, 15) is 4.79 Å². The minimum Gasteiger partial charge on any atom is -0.381 e. The number of hydrogen-bond acceptors (Lipinski definition) is 10. The molecule has 5 fully saturated rings. The van der Waals surface area contributed by atoms with Gasteiger partial charge in [-0.25, -0.2) is 9.97 Å². The highest BCUT2D eigenvalue weighted by molar-refractivity contribution is 5.97. The first-order chi connectivity index (χ1) is 22.9. The zero-order chi connectivity index (χ0) is 32.0. The molecule has 47 heavy (non-hydrogen) atoms. The third-order valence-electron chi connectivity index (χ3n) is 11.7. The minimum absolute atomic E-state index is 0.0129. The molecule has 0 bridgehead atoms. The van der Waals surface area contributed by atoms with Gasteiger partial charge in [-0.15, -0.1) is 0 Å². The number of hydrogen-bond donors (Lipinski definition) is 2. The number of rotatable bonds is 7. The van der Waals surface area contributed by atoms with Gasteiger partial charge in [-0.1, -0.05) is 6.07 Å². The number of pyridine rings is 1. The fourth-order valence-corrected chi connectivity index (χ4v) is 8.55. The van der Waals surface area contributed by atoms with Crippen LogP contribution in [0.4, 0.5) is 23.0 Å². The maximum Gasteiger partial charge on any atom is 0.271 e. The summed E-state index contributed by atoms with van der Waals surface area (Å²) in [6, 6.07) is 14.8. The average Bonchev–Trinajstić information content (AvgIpc) is 3.08. The van der Waals surface area contributed by atoms with E-state index >= 15 is 0 Å². The monoisotopic (exact) mass is 637 g/mol. The molecule has 3 aromatic rings. The Morgan fingerprint density at radius 2 is 1.66 bits per heavy atom. The Hall–Kier alpha value is -3.80. The zero-order valence-corrected chi connectivity index (χ0v) is 27.5. The highest BCUT2D eigenvalue weighted by atomic mass is 16.5. The maximum absolute atomic E-state index is 12.7. The van der Waals surface area contributed by atoms with Crippen LogP contribution in [0.2, 0.25) is 0 Å². The van der Waals surface area contributed by atoms with Crippen molar-refractivity contribution in [2.75, 3.05) is 81.2 Å². The van der Waals surface area contributed by atoms with Crippen molar-refractivity contribution >= 4 is 28.9 Å². The van der Waals surface area contributed by atoms with Crippen molar-refractivity contribution in [3.8, 4) is 11.4 Å². The van der Waals surface area contributed by atoms with Crippen molar-refractivity contribution in [3.63, 3.8) is 0 Å².